The predicted octanol–water partition coefficient (Wildman–Crippen LogP) is 3.35. The molecule has 0 radical (unpaired) electrons. The van der Waals surface area contributed by atoms with Crippen LogP contribution in [0, 0.1) is 0 Å². The average molecular weight is 270 g/mol. The first kappa shape index (κ1) is 11.0. The standard InChI is InChI=1S/C12H16BrNO/c1-7-3-5-9(14)12-8(13)4-6-10(15-2)11(7)12/h4,6-7,9H,3,5,14H2,1-2H3/t7?,9-/m0/s1. The van der Waals surface area contributed by atoms with Crippen molar-refractivity contribution in [3.8, 4) is 5.75 Å². The maximum absolute atomic E-state index is 6.15. The Bertz CT molecular complexity index is 378. The van der Waals surface area contributed by atoms with E-state index in [0.29, 0.717) is 5.92 Å². The van der Waals surface area contributed by atoms with Crippen molar-refractivity contribution >= 4 is 15.9 Å². The van der Waals surface area contributed by atoms with Gasteiger partial charge in [-0.15, -0.1) is 0 Å². The number of halogens is 1. The largest absolute Gasteiger partial charge is 0.496 e. The third-order valence-corrected chi connectivity index (χ3v) is 3.88. The van der Waals surface area contributed by atoms with Crippen LogP contribution < -0.4 is 10.5 Å². The molecule has 0 bridgehead atoms. The summed E-state index contributed by atoms with van der Waals surface area (Å²) in [6.07, 6.45) is 2.20. The Morgan fingerprint density at radius 3 is 2.73 bits per heavy atom. The number of methoxy groups -OCH3 is 1. The van der Waals surface area contributed by atoms with Crippen LogP contribution in [0.1, 0.15) is 42.9 Å². The van der Waals surface area contributed by atoms with Gasteiger partial charge in [0.2, 0.25) is 0 Å². The summed E-state index contributed by atoms with van der Waals surface area (Å²) in [6.45, 7) is 2.24. The molecular weight excluding hydrogens is 254 g/mol. The van der Waals surface area contributed by atoms with E-state index in [9.17, 15) is 0 Å². The zero-order valence-electron chi connectivity index (χ0n) is 9.09. The topological polar surface area (TPSA) is 35.2 Å². The summed E-state index contributed by atoms with van der Waals surface area (Å²) in [5.41, 5.74) is 8.66. The van der Waals surface area contributed by atoms with Crippen LogP contribution in [0.5, 0.6) is 5.75 Å². The van der Waals surface area contributed by atoms with E-state index in [1.165, 1.54) is 11.1 Å². The van der Waals surface area contributed by atoms with Crippen LogP contribution in [0.25, 0.3) is 0 Å². The Hall–Kier alpha value is -0.540. The highest BCUT2D eigenvalue weighted by Crippen LogP contribution is 2.44. The SMILES string of the molecule is COc1ccc(Br)c2c1C(C)CC[C@@H]2N. The summed E-state index contributed by atoms with van der Waals surface area (Å²) in [4.78, 5) is 0. The molecule has 2 rings (SSSR count). The van der Waals surface area contributed by atoms with Gasteiger partial charge >= 0.3 is 0 Å². The number of hydrogen-bond acceptors (Lipinski definition) is 2. The fourth-order valence-corrected chi connectivity index (χ4v) is 3.01. The molecule has 1 aliphatic rings. The Balaban J connectivity index is 2.63. The molecule has 0 saturated carbocycles. The lowest BCUT2D eigenvalue weighted by atomic mass is 9.81. The first-order valence-electron chi connectivity index (χ1n) is 5.27. The molecule has 0 aromatic heterocycles. The van der Waals surface area contributed by atoms with E-state index in [4.69, 9.17) is 10.5 Å². The molecule has 1 aromatic rings. The number of hydrogen-bond donors (Lipinski definition) is 1. The maximum atomic E-state index is 6.15. The molecule has 2 atom stereocenters. The van der Waals surface area contributed by atoms with E-state index in [2.05, 4.69) is 22.9 Å². The minimum atomic E-state index is 0.140. The molecule has 1 unspecified atom stereocenters. The van der Waals surface area contributed by atoms with Gasteiger partial charge in [0.1, 0.15) is 5.75 Å². The second-order valence-electron chi connectivity index (χ2n) is 4.16. The highest BCUT2D eigenvalue weighted by Gasteiger charge is 2.27. The van der Waals surface area contributed by atoms with Crippen molar-refractivity contribution < 1.29 is 4.74 Å². The van der Waals surface area contributed by atoms with Gasteiger partial charge in [0.15, 0.2) is 0 Å². The quantitative estimate of drug-likeness (QED) is 0.849. The van der Waals surface area contributed by atoms with Crippen molar-refractivity contribution in [2.75, 3.05) is 7.11 Å². The normalized spacial score (nSPS) is 24.8. The highest BCUT2D eigenvalue weighted by atomic mass is 79.9. The zero-order valence-corrected chi connectivity index (χ0v) is 10.7. The van der Waals surface area contributed by atoms with Crippen LogP contribution in [-0.4, -0.2) is 7.11 Å². The van der Waals surface area contributed by atoms with Crippen LogP contribution in [0.4, 0.5) is 0 Å². The highest BCUT2D eigenvalue weighted by molar-refractivity contribution is 9.10. The molecule has 3 heteroatoms. The molecule has 1 aromatic carbocycles. The van der Waals surface area contributed by atoms with Gasteiger partial charge in [-0.25, -0.2) is 0 Å². The van der Waals surface area contributed by atoms with Gasteiger partial charge in [-0.3, -0.25) is 0 Å². The van der Waals surface area contributed by atoms with Crippen LogP contribution in [0.15, 0.2) is 16.6 Å². The van der Waals surface area contributed by atoms with Gasteiger partial charge < -0.3 is 10.5 Å². The molecule has 15 heavy (non-hydrogen) atoms. The fourth-order valence-electron chi connectivity index (χ4n) is 2.37. The smallest absolute Gasteiger partial charge is 0.122 e. The van der Waals surface area contributed by atoms with Gasteiger partial charge in [-0.2, -0.15) is 0 Å². The monoisotopic (exact) mass is 269 g/mol. The van der Waals surface area contributed by atoms with Gasteiger partial charge in [0, 0.05) is 16.1 Å². The van der Waals surface area contributed by atoms with Crippen molar-refractivity contribution in [2.45, 2.75) is 31.7 Å². The molecule has 0 spiro atoms. The van der Waals surface area contributed by atoms with E-state index in [0.717, 1.165) is 23.1 Å². The van der Waals surface area contributed by atoms with Crippen molar-refractivity contribution in [1.29, 1.82) is 0 Å². The van der Waals surface area contributed by atoms with E-state index in [1.54, 1.807) is 7.11 Å². The van der Waals surface area contributed by atoms with Crippen molar-refractivity contribution in [1.82, 2.24) is 0 Å². The summed E-state index contributed by atoms with van der Waals surface area (Å²) in [5, 5.41) is 0. The van der Waals surface area contributed by atoms with E-state index >= 15 is 0 Å². The number of nitrogens with two attached hydrogens (primary N) is 1. The zero-order chi connectivity index (χ0) is 11.0. The molecule has 0 aliphatic heterocycles. The van der Waals surface area contributed by atoms with Crippen LogP contribution in [-0.2, 0) is 0 Å². The Kier molecular flexibility index (Phi) is 3.03. The van der Waals surface area contributed by atoms with Gasteiger partial charge in [0.05, 0.1) is 7.11 Å². The van der Waals surface area contributed by atoms with Crippen LogP contribution in [0.3, 0.4) is 0 Å². The fraction of sp³-hybridized carbons (Fsp3) is 0.500. The summed E-state index contributed by atoms with van der Waals surface area (Å²) in [7, 11) is 1.72. The third kappa shape index (κ3) is 1.79. The number of fused-ring (bicyclic) bond motifs is 1. The lowest BCUT2D eigenvalue weighted by molar-refractivity contribution is 0.395. The molecule has 0 amide bonds. The van der Waals surface area contributed by atoms with Crippen molar-refractivity contribution in [2.24, 2.45) is 5.73 Å². The summed E-state index contributed by atoms with van der Waals surface area (Å²) < 4.78 is 6.52. The molecule has 2 N–H and O–H groups in total. The molecule has 82 valence electrons. The minimum Gasteiger partial charge on any atom is -0.496 e. The predicted molar refractivity (Wildman–Crippen MR) is 65.3 cm³/mol. The molecular formula is C12H16BrNO. The van der Waals surface area contributed by atoms with Crippen LogP contribution >= 0.6 is 15.9 Å². The third-order valence-electron chi connectivity index (χ3n) is 3.19. The van der Waals surface area contributed by atoms with Gasteiger partial charge in [-0.05, 0) is 36.5 Å². The average Bonchev–Trinajstić information content (AvgIpc) is 2.23. The number of benzene rings is 1. The first-order chi connectivity index (χ1) is 7.15. The van der Waals surface area contributed by atoms with E-state index in [1.807, 2.05) is 12.1 Å². The summed E-state index contributed by atoms with van der Waals surface area (Å²) >= 11 is 3.58. The molecule has 0 fully saturated rings. The number of ether oxygens (including phenoxy) is 1. The van der Waals surface area contributed by atoms with Crippen molar-refractivity contribution in [3.05, 3.63) is 27.7 Å². The molecule has 1 aliphatic carbocycles. The Morgan fingerprint density at radius 1 is 1.33 bits per heavy atom. The molecule has 0 saturated heterocycles. The van der Waals surface area contributed by atoms with E-state index < -0.39 is 0 Å². The summed E-state index contributed by atoms with van der Waals surface area (Å²) in [5.74, 6) is 1.50. The Morgan fingerprint density at radius 2 is 2.07 bits per heavy atom. The number of rotatable bonds is 1. The van der Waals surface area contributed by atoms with E-state index in [-0.39, 0.29) is 6.04 Å². The lowest BCUT2D eigenvalue weighted by Crippen LogP contribution is -2.20. The van der Waals surface area contributed by atoms with Crippen molar-refractivity contribution in [3.63, 3.8) is 0 Å². The summed E-state index contributed by atoms with van der Waals surface area (Å²) in [6, 6.07) is 4.17. The minimum absolute atomic E-state index is 0.140. The second kappa shape index (κ2) is 4.14. The van der Waals surface area contributed by atoms with Gasteiger partial charge in [-0.1, -0.05) is 22.9 Å². The lowest BCUT2D eigenvalue weighted by Gasteiger charge is -2.29. The first-order valence-corrected chi connectivity index (χ1v) is 6.06. The van der Waals surface area contributed by atoms with Crippen LogP contribution in [0.2, 0.25) is 0 Å². The maximum Gasteiger partial charge on any atom is 0.122 e. The van der Waals surface area contributed by atoms with Gasteiger partial charge in [0.25, 0.3) is 0 Å². The Labute approximate surface area is 98.9 Å². The second-order valence-corrected chi connectivity index (χ2v) is 5.02. The molecule has 2 nitrogen and oxygen atoms in total. The molecule has 0 heterocycles.